The molecule has 1 amide bonds. The third-order valence-corrected chi connectivity index (χ3v) is 2.27. The Labute approximate surface area is 131 Å². The van der Waals surface area contributed by atoms with E-state index in [-0.39, 0.29) is 6.54 Å². The average molecular weight is 308 g/mol. The average Bonchev–Trinajstić information content (AvgIpc) is 2.33. The molecule has 0 atom stereocenters. The molecule has 6 nitrogen and oxygen atoms in total. The van der Waals surface area contributed by atoms with Crippen LogP contribution in [0.5, 0.6) is 0 Å². The molecule has 1 rings (SSSR count). The molecule has 0 saturated carbocycles. The van der Waals surface area contributed by atoms with Crippen LogP contribution in [0, 0.1) is 0 Å². The molecule has 0 radical (unpaired) electrons. The van der Waals surface area contributed by atoms with Crippen molar-refractivity contribution in [3.8, 4) is 0 Å². The number of aromatic nitrogens is 1. The maximum absolute atomic E-state index is 11.8. The van der Waals surface area contributed by atoms with E-state index >= 15 is 0 Å². The van der Waals surface area contributed by atoms with Crippen LogP contribution in [0.2, 0.25) is 0 Å². The van der Waals surface area contributed by atoms with Crippen molar-refractivity contribution in [1.29, 1.82) is 0 Å². The van der Waals surface area contributed by atoms with Crippen molar-refractivity contribution < 1.29 is 19.1 Å². The standard InChI is InChI=1S/C16H24N2O4/c1-15(2,3)21-13(19)11-7-8-12(17-9-11)10-18-14(20)22-16(4,5)6/h7-9H,10H2,1-6H3,(H,18,20). The molecule has 0 unspecified atom stereocenters. The minimum atomic E-state index is -0.548. The molecule has 0 saturated heterocycles. The van der Waals surface area contributed by atoms with E-state index in [1.54, 1.807) is 53.7 Å². The summed E-state index contributed by atoms with van der Waals surface area (Å²) in [4.78, 5) is 27.5. The summed E-state index contributed by atoms with van der Waals surface area (Å²) in [5.74, 6) is -0.424. The van der Waals surface area contributed by atoms with Gasteiger partial charge in [-0.05, 0) is 53.7 Å². The van der Waals surface area contributed by atoms with Crippen LogP contribution in [0.4, 0.5) is 4.79 Å². The molecule has 22 heavy (non-hydrogen) atoms. The minimum Gasteiger partial charge on any atom is -0.456 e. The normalized spacial score (nSPS) is 11.7. The highest BCUT2D eigenvalue weighted by Gasteiger charge is 2.18. The maximum atomic E-state index is 11.8. The number of alkyl carbamates (subject to hydrolysis) is 1. The molecule has 0 fully saturated rings. The molecule has 0 bridgehead atoms. The zero-order chi connectivity index (χ0) is 17.0. The number of esters is 1. The van der Waals surface area contributed by atoms with Crippen molar-refractivity contribution in [1.82, 2.24) is 10.3 Å². The van der Waals surface area contributed by atoms with E-state index in [4.69, 9.17) is 9.47 Å². The van der Waals surface area contributed by atoms with Crippen molar-refractivity contribution in [2.24, 2.45) is 0 Å². The molecule has 1 aromatic rings. The molecule has 0 aliphatic heterocycles. The number of pyridine rings is 1. The Morgan fingerprint density at radius 2 is 1.64 bits per heavy atom. The molecular formula is C16H24N2O4. The fourth-order valence-electron chi connectivity index (χ4n) is 1.46. The zero-order valence-electron chi connectivity index (χ0n) is 14.0. The van der Waals surface area contributed by atoms with Crippen molar-refractivity contribution >= 4 is 12.1 Å². The second-order valence-corrected chi connectivity index (χ2v) is 6.90. The summed E-state index contributed by atoms with van der Waals surface area (Å²) in [5.41, 5.74) is -0.0966. The van der Waals surface area contributed by atoms with Crippen LogP contribution in [0.15, 0.2) is 18.3 Å². The van der Waals surface area contributed by atoms with Gasteiger partial charge in [-0.2, -0.15) is 0 Å². The van der Waals surface area contributed by atoms with Gasteiger partial charge in [0, 0.05) is 6.20 Å². The van der Waals surface area contributed by atoms with Gasteiger partial charge in [-0.1, -0.05) is 0 Å². The lowest BCUT2D eigenvalue weighted by Crippen LogP contribution is -2.32. The van der Waals surface area contributed by atoms with Gasteiger partial charge in [-0.15, -0.1) is 0 Å². The van der Waals surface area contributed by atoms with Crippen molar-refractivity contribution in [2.45, 2.75) is 59.3 Å². The first kappa shape index (κ1) is 17.9. The number of ether oxygens (including phenoxy) is 2. The van der Waals surface area contributed by atoms with Crippen LogP contribution < -0.4 is 5.32 Å². The Kier molecular flexibility index (Phi) is 5.52. The molecule has 0 aromatic carbocycles. The summed E-state index contributed by atoms with van der Waals surface area (Å²) in [6.45, 7) is 11.0. The van der Waals surface area contributed by atoms with Crippen LogP contribution in [-0.2, 0) is 16.0 Å². The Morgan fingerprint density at radius 3 is 2.09 bits per heavy atom. The van der Waals surface area contributed by atoms with E-state index in [0.717, 1.165) is 0 Å². The van der Waals surface area contributed by atoms with Crippen LogP contribution in [0.3, 0.4) is 0 Å². The first-order valence-electron chi connectivity index (χ1n) is 7.11. The van der Waals surface area contributed by atoms with Crippen molar-refractivity contribution in [3.63, 3.8) is 0 Å². The second kappa shape index (κ2) is 6.77. The van der Waals surface area contributed by atoms with E-state index in [1.807, 2.05) is 0 Å². The summed E-state index contributed by atoms with van der Waals surface area (Å²) in [6.07, 6.45) is 0.922. The Hall–Kier alpha value is -2.11. The molecule has 0 aliphatic rings. The largest absolute Gasteiger partial charge is 0.456 e. The lowest BCUT2D eigenvalue weighted by Gasteiger charge is -2.20. The van der Waals surface area contributed by atoms with E-state index in [9.17, 15) is 9.59 Å². The number of nitrogens with one attached hydrogen (secondary N) is 1. The van der Waals surface area contributed by atoms with Crippen LogP contribution in [0.25, 0.3) is 0 Å². The number of amides is 1. The number of rotatable bonds is 3. The predicted octanol–water partition coefficient (Wildman–Crippen LogP) is 3.06. The molecule has 1 aromatic heterocycles. The summed E-state index contributed by atoms with van der Waals surface area (Å²) in [5, 5.41) is 2.60. The first-order valence-corrected chi connectivity index (χ1v) is 7.11. The number of hydrogen-bond acceptors (Lipinski definition) is 5. The molecule has 0 aliphatic carbocycles. The van der Waals surface area contributed by atoms with Gasteiger partial charge >= 0.3 is 12.1 Å². The van der Waals surface area contributed by atoms with Gasteiger partial charge in [0.05, 0.1) is 17.8 Å². The predicted molar refractivity (Wildman–Crippen MR) is 82.5 cm³/mol. The van der Waals surface area contributed by atoms with Crippen LogP contribution in [-0.4, -0.2) is 28.2 Å². The van der Waals surface area contributed by atoms with Gasteiger partial charge in [0.1, 0.15) is 11.2 Å². The number of nitrogens with zero attached hydrogens (tertiary/aromatic N) is 1. The molecule has 0 spiro atoms. The third-order valence-electron chi connectivity index (χ3n) is 2.27. The van der Waals surface area contributed by atoms with Gasteiger partial charge in [-0.3, -0.25) is 4.98 Å². The topological polar surface area (TPSA) is 77.5 Å². The van der Waals surface area contributed by atoms with Crippen LogP contribution >= 0.6 is 0 Å². The van der Waals surface area contributed by atoms with E-state index < -0.39 is 23.3 Å². The monoisotopic (exact) mass is 308 g/mol. The summed E-state index contributed by atoms with van der Waals surface area (Å²) in [6, 6.07) is 3.28. The van der Waals surface area contributed by atoms with E-state index in [1.165, 1.54) is 6.20 Å². The van der Waals surface area contributed by atoms with Gasteiger partial charge < -0.3 is 14.8 Å². The maximum Gasteiger partial charge on any atom is 0.407 e. The molecule has 1 heterocycles. The number of hydrogen-bond donors (Lipinski definition) is 1. The van der Waals surface area contributed by atoms with Crippen molar-refractivity contribution in [2.75, 3.05) is 0 Å². The minimum absolute atomic E-state index is 0.226. The third kappa shape index (κ3) is 7.06. The Balaban J connectivity index is 2.55. The Morgan fingerprint density at radius 1 is 1.05 bits per heavy atom. The second-order valence-electron chi connectivity index (χ2n) is 6.90. The highest BCUT2D eigenvalue weighted by molar-refractivity contribution is 5.89. The van der Waals surface area contributed by atoms with E-state index in [0.29, 0.717) is 11.3 Å². The quantitative estimate of drug-likeness (QED) is 0.868. The number of carbonyl (C=O) groups is 2. The van der Waals surface area contributed by atoms with E-state index in [2.05, 4.69) is 10.3 Å². The summed E-state index contributed by atoms with van der Waals surface area (Å²) < 4.78 is 10.4. The molecular weight excluding hydrogens is 284 g/mol. The summed E-state index contributed by atoms with van der Waals surface area (Å²) >= 11 is 0. The Bertz CT molecular complexity index is 525. The van der Waals surface area contributed by atoms with Gasteiger partial charge in [0.2, 0.25) is 0 Å². The van der Waals surface area contributed by atoms with Gasteiger partial charge in [0.25, 0.3) is 0 Å². The zero-order valence-corrected chi connectivity index (χ0v) is 14.0. The van der Waals surface area contributed by atoms with Gasteiger partial charge in [0.15, 0.2) is 0 Å². The molecule has 1 N–H and O–H groups in total. The first-order chi connectivity index (χ1) is 9.96. The molecule has 122 valence electrons. The highest BCUT2D eigenvalue weighted by atomic mass is 16.6. The van der Waals surface area contributed by atoms with Crippen LogP contribution in [0.1, 0.15) is 57.6 Å². The van der Waals surface area contributed by atoms with Crippen molar-refractivity contribution in [3.05, 3.63) is 29.6 Å². The smallest absolute Gasteiger partial charge is 0.407 e. The SMILES string of the molecule is CC(C)(C)OC(=O)NCc1ccc(C(=O)OC(C)(C)C)cn1. The van der Waals surface area contributed by atoms with Gasteiger partial charge in [-0.25, -0.2) is 9.59 Å². The lowest BCUT2D eigenvalue weighted by atomic mass is 10.2. The summed E-state index contributed by atoms with van der Waals surface area (Å²) in [7, 11) is 0. The fourth-order valence-corrected chi connectivity index (χ4v) is 1.46. The molecule has 6 heteroatoms. The fraction of sp³-hybridized carbons (Fsp3) is 0.562. The lowest BCUT2D eigenvalue weighted by molar-refractivity contribution is 0.00686. The highest BCUT2D eigenvalue weighted by Crippen LogP contribution is 2.12. The number of carbonyl (C=O) groups excluding carboxylic acids is 2.